The third-order valence-electron chi connectivity index (χ3n) is 4.66. The molecule has 0 amide bonds. The van der Waals surface area contributed by atoms with Crippen molar-refractivity contribution in [2.45, 2.75) is 25.8 Å². The molecule has 1 aromatic carbocycles. The average Bonchev–Trinajstić information content (AvgIpc) is 3.19. The number of fused-ring (bicyclic) bond motifs is 1. The van der Waals surface area contributed by atoms with Gasteiger partial charge in [-0.2, -0.15) is 0 Å². The molecule has 3 aromatic rings. The molecule has 0 unspecified atom stereocenters. The average molecular weight is 370 g/mol. The molecule has 9 heteroatoms. The summed E-state index contributed by atoms with van der Waals surface area (Å²) >= 11 is 0. The quantitative estimate of drug-likeness (QED) is 0.702. The molecule has 9 nitrogen and oxygen atoms in total. The normalized spacial score (nSPS) is 14.4. The Kier molecular flexibility index (Phi) is 4.91. The van der Waals surface area contributed by atoms with E-state index in [-0.39, 0.29) is 0 Å². The van der Waals surface area contributed by atoms with Crippen LogP contribution in [-0.4, -0.2) is 47.6 Å². The lowest BCUT2D eigenvalue weighted by Crippen LogP contribution is -2.31. The first-order chi connectivity index (χ1) is 13.3. The predicted octanol–water partition coefficient (Wildman–Crippen LogP) is 2.63. The van der Waals surface area contributed by atoms with E-state index in [9.17, 15) is 0 Å². The number of hydrogen-bond acceptors (Lipinski definition) is 9. The predicted molar refractivity (Wildman–Crippen MR) is 100 cm³/mol. The highest BCUT2D eigenvalue weighted by Crippen LogP contribution is 2.29. The van der Waals surface area contributed by atoms with Gasteiger partial charge in [0.25, 0.3) is 0 Å². The van der Waals surface area contributed by atoms with Gasteiger partial charge < -0.3 is 19.7 Å². The van der Waals surface area contributed by atoms with Crippen molar-refractivity contribution in [1.29, 1.82) is 0 Å². The number of rotatable bonds is 6. The van der Waals surface area contributed by atoms with Crippen LogP contribution in [0.1, 0.15) is 24.8 Å². The molecule has 4 rings (SSSR count). The molecule has 142 valence electrons. The zero-order valence-electron chi connectivity index (χ0n) is 15.4. The number of methoxy groups -OCH3 is 2. The highest BCUT2D eigenvalue weighted by atomic mass is 16.6. The summed E-state index contributed by atoms with van der Waals surface area (Å²) in [5.41, 5.74) is 1.86. The number of aromatic nitrogens is 4. The lowest BCUT2D eigenvalue weighted by atomic mass is 10.1. The van der Waals surface area contributed by atoms with Gasteiger partial charge in [-0.15, -0.1) is 0 Å². The van der Waals surface area contributed by atoms with Crippen molar-refractivity contribution in [3.8, 4) is 11.5 Å². The van der Waals surface area contributed by atoms with E-state index in [1.54, 1.807) is 14.2 Å². The van der Waals surface area contributed by atoms with Gasteiger partial charge in [0, 0.05) is 19.6 Å². The minimum Gasteiger partial charge on any atom is -0.493 e. The molecule has 0 atom stereocenters. The largest absolute Gasteiger partial charge is 0.493 e. The van der Waals surface area contributed by atoms with E-state index < -0.39 is 0 Å². The van der Waals surface area contributed by atoms with Crippen LogP contribution in [0.2, 0.25) is 0 Å². The minimum atomic E-state index is 0.394. The molecule has 0 saturated carbocycles. The van der Waals surface area contributed by atoms with Gasteiger partial charge in [0.1, 0.15) is 0 Å². The van der Waals surface area contributed by atoms with Crippen LogP contribution in [-0.2, 0) is 6.54 Å². The van der Waals surface area contributed by atoms with E-state index in [1.165, 1.54) is 6.42 Å². The summed E-state index contributed by atoms with van der Waals surface area (Å²) in [7, 11) is 3.25. The molecule has 0 bridgehead atoms. The molecule has 1 saturated heterocycles. The van der Waals surface area contributed by atoms with Gasteiger partial charge in [-0.25, -0.2) is 14.6 Å². The van der Waals surface area contributed by atoms with Crippen molar-refractivity contribution in [3.63, 3.8) is 0 Å². The number of ether oxygens (including phenoxy) is 2. The van der Waals surface area contributed by atoms with E-state index in [0.717, 1.165) is 37.3 Å². The van der Waals surface area contributed by atoms with Crippen LogP contribution < -0.4 is 19.7 Å². The summed E-state index contributed by atoms with van der Waals surface area (Å²) in [6.07, 6.45) is 3.53. The van der Waals surface area contributed by atoms with Gasteiger partial charge in [-0.3, -0.25) is 0 Å². The Hall–Kier alpha value is -3.10. The standard InChI is InChI=1S/C18H22N6O3/c1-25-13-7-6-12(10-14(13)26-2)11-19-17-18(24-8-4-3-5-9-24)21-16-15(20-17)22-27-23-16/h6-7,10H,3-5,8-9,11H2,1-2H3,(H,19,20,22). The Morgan fingerprint density at radius 1 is 1.00 bits per heavy atom. The summed E-state index contributed by atoms with van der Waals surface area (Å²) in [5, 5.41) is 11.0. The maximum atomic E-state index is 5.38. The Labute approximate surface area is 156 Å². The first-order valence-corrected chi connectivity index (χ1v) is 8.98. The second kappa shape index (κ2) is 7.65. The van der Waals surface area contributed by atoms with Gasteiger partial charge in [0.05, 0.1) is 14.2 Å². The first kappa shape index (κ1) is 17.3. The smallest absolute Gasteiger partial charge is 0.245 e. The van der Waals surface area contributed by atoms with Crippen LogP contribution in [0.5, 0.6) is 11.5 Å². The molecule has 1 aliphatic heterocycles. The zero-order chi connectivity index (χ0) is 18.6. The van der Waals surface area contributed by atoms with E-state index in [0.29, 0.717) is 35.2 Å². The summed E-state index contributed by atoms with van der Waals surface area (Å²) < 4.78 is 15.4. The van der Waals surface area contributed by atoms with Crippen LogP contribution in [0.3, 0.4) is 0 Å². The third-order valence-corrected chi connectivity index (χ3v) is 4.66. The third kappa shape index (κ3) is 3.57. The highest BCUT2D eigenvalue weighted by molar-refractivity contribution is 5.74. The molecule has 3 heterocycles. The molecular formula is C18H22N6O3. The summed E-state index contributed by atoms with van der Waals surface area (Å²) in [6, 6.07) is 5.81. The maximum Gasteiger partial charge on any atom is 0.245 e. The molecule has 0 spiro atoms. The number of piperidine rings is 1. The summed E-state index contributed by atoms with van der Waals surface area (Å²) in [5.74, 6) is 2.86. The summed E-state index contributed by atoms with van der Waals surface area (Å²) in [6.45, 7) is 2.47. The van der Waals surface area contributed by atoms with Gasteiger partial charge >= 0.3 is 0 Å². The fraction of sp³-hybridized carbons (Fsp3) is 0.444. The van der Waals surface area contributed by atoms with Crippen molar-refractivity contribution >= 4 is 22.9 Å². The molecular weight excluding hydrogens is 348 g/mol. The van der Waals surface area contributed by atoms with Crippen LogP contribution >= 0.6 is 0 Å². The molecule has 27 heavy (non-hydrogen) atoms. The highest BCUT2D eigenvalue weighted by Gasteiger charge is 2.20. The fourth-order valence-electron chi connectivity index (χ4n) is 3.25. The van der Waals surface area contributed by atoms with E-state index >= 15 is 0 Å². The van der Waals surface area contributed by atoms with Gasteiger partial charge in [0.2, 0.25) is 11.3 Å². The number of nitrogens with zero attached hydrogens (tertiary/aromatic N) is 5. The Balaban J connectivity index is 1.60. The molecule has 1 N–H and O–H groups in total. The van der Waals surface area contributed by atoms with E-state index in [1.807, 2.05) is 18.2 Å². The van der Waals surface area contributed by atoms with Crippen molar-refractivity contribution in [2.24, 2.45) is 0 Å². The topological polar surface area (TPSA) is 98.4 Å². The van der Waals surface area contributed by atoms with Crippen LogP contribution in [0.15, 0.2) is 22.8 Å². The first-order valence-electron chi connectivity index (χ1n) is 8.98. The summed E-state index contributed by atoms with van der Waals surface area (Å²) in [4.78, 5) is 11.4. The second-order valence-electron chi connectivity index (χ2n) is 6.40. The van der Waals surface area contributed by atoms with Crippen molar-refractivity contribution in [3.05, 3.63) is 23.8 Å². The van der Waals surface area contributed by atoms with Crippen molar-refractivity contribution < 1.29 is 14.1 Å². The number of nitrogens with one attached hydrogen (secondary N) is 1. The van der Waals surface area contributed by atoms with Crippen LogP contribution in [0.4, 0.5) is 11.6 Å². The molecule has 0 aliphatic carbocycles. The lowest BCUT2D eigenvalue weighted by molar-refractivity contribution is 0.314. The lowest BCUT2D eigenvalue weighted by Gasteiger charge is -2.28. The molecule has 2 aromatic heterocycles. The number of hydrogen-bond donors (Lipinski definition) is 1. The molecule has 1 aliphatic rings. The van der Waals surface area contributed by atoms with Crippen LogP contribution in [0, 0.1) is 0 Å². The SMILES string of the molecule is COc1ccc(CNc2nc3nonc3nc2N2CCCCC2)cc1OC. The Bertz CT molecular complexity index is 923. The monoisotopic (exact) mass is 370 g/mol. The maximum absolute atomic E-state index is 5.38. The zero-order valence-corrected chi connectivity index (χ0v) is 15.4. The van der Waals surface area contributed by atoms with Crippen LogP contribution in [0.25, 0.3) is 11.3 Å². The van der Waals surface area contributed by atoms with Gasteiger partial charge in [-0.05, 0) is 47.3 Å². The van der Waals surface area contributed by atoms with Crippen molar-refractivity contribution in [1.82, 2.24) is 20.3 Å². The fourth-order valence-corrected chi connectivity index (χ4v) is 3.25. The second-order valence-corrected chi connectivity index (χ2v) is 6.40. The van der Waals surface area contributed by atoms with E-state index in [4.69, 9.17) is 14.1 Å². The van der Waals surface area contributed by atoms with Gasteiger partial charge in [0.15, 0.2) is 23.1 Å². The Morgan fingerprint density at radius 2 is 1.74 bits per heavy atom. The van der Waals surface area contributed by atoms with Crippen molar-refractivity contribution in [2.75, 3.05) is 37.5 Å². The van der Waals surface area contributed by atoms with E-state index in [2.05, 4.69) is 30.5 Å². The number of benzene rings is 1. The minimum absolute atomic E-state index is 0.394. The Morgan fingerprint density at radius 3 is 2.48 bits per heavy atom. The number of anilines is 2. The molecule has 0 radical (unpaired) electrons. The van der Waals surface area contributed by atoms with Gasteiger partial charge in [-0.1, -0.05) is 6.07 Å². The molecule has 1 fully saturated rings.